The van der Waals surface area contributed by atoms with E-state index in [0.717, 1.165) is 23.5 Å². The van der Waals surface area contributed by atoms with E-state index in [1.54, 1.807) is 17.8 Å². The van der Waals surface area contributed by atoms with Crippen molar-refractivity contribution in [2.45, 2.75) is 23.5 Å². The fourth-order valence-corrected chi connectivity index (χ4v) is 2.73. The lowest BCUT2D eigenvalue weighted by Crippen LogP contribution is -2.20. The molecule has 0 fully saturated rings. The Balaban J connectivity index is 2.33. The van der Waals surface area contributed by atoms with Gasteiger partial charge >= 0.3 is 0 Å². The van der Waals surface area contributed by atoms with Gasteiger partial charge in [0.1, 0.15) is 0 Å². The molecule has 1 heterocycles. The van der Waals surface area contributed by atoms with Crippen LogP contribution in [0.25, 0.3) is 0 Å². The first-order chi connectivity index (χ1) is 7.24. The summed E-state index contributed by atoms with van der Waals surface area (Å²) in [5, 5.41) is 3.80. The summed E-state index contributed by atoms with van der Waals surface area (Å²) < 4.78 is 18.3. The van der Waals surface area contributed by atoms with Crippen molar-refractivity contribution in [3.05, 3.63) is 17.9 Å². The Bertz CT molecular complexity index is 370. The molecular formula is C11H14FNOS. The Hall–Kier alpha value is -0.900. The second kappa shape index (κ2) is 4.31. The van der Waals surface area contributed by atoms with Crippen LogP contribution in [0.2, 0.25) is 0 Å². The van der Waals surface area contributed by atoms with Crippen molar-refractivity contribution in [3.8, 4) is 5.75 Å². The molecule has 1 aromatic carbocycles. The maximum atomic E-state index is 13.4. The molecule has 2 rings (SSSR count). The highest BCUT2D eigenvalue weighted by Crippen LogP contribution is 2.39. The third-order valence-corrected chi connectivity index (χ3v) is 3.95. The van der Waals surface area contributed by atoms with Crippen LogP contribution in [-0.2, 0) is 0 Å². The minimum absolute atomic E-state index is 0.306. The summed E-state index contributed by atoms with van der Waals surface area (Å²) in [6.07, 6.45) is 1.11. The van der Waals surface area contributed by atoms with Crippen LogP contribution in [0, 0.1) is 5.82 Å². The zero-order chi connectivity index (χ0) is 10.8. The van der Waals surface area contributed by atoms with Gasteiger partial charge in [-0.3, -0.25) is 0 Å². The maximum Gasteiger partial charge on any atom is 0.167 e. The van der Waals surface area contributed by atoms with Crippen LogP contribution < -0.4 is 10.1 Å². The summed E-state index contributed by atoms with van der Waals surface area (Å²) in [4.78, 5) is 1.08. The first-order valence-corrected chi connectivity index (χ1v) is 5.90. The SMILES string of the molecule is CCC1CNc2cc(F)c(OC)cc2S1. The molecule has 1 aromatic rings. The molecule has 0 bridgehead atoms. The van der Waals surface area contributed by atoms with Crippen molar-refractivity contribution in [3.63, 3.8) is 0 Å². The molecule has 0 saturated heterocycles. The molecule has 1 N–H and O–H groups in total. The summed E-state index contributed by atoms with van der Waals surface area (Å²) in [6.45, 7) is 3.06. The summed E-state index contributed by atoms with van der Waals surface area (Å²) in [5.41, 5.74) is 0.878. The molecular weight excluding hydrogens is 213 g/mol. The van der Waals surface area contributed by atoms with Crippen molar-refractivity contribution in [1.82, 2.24) is 0 Å². The molecule has 0 aromatic heterocycles. The van der Waals surface area contributed by atoms with E-state index in [4.69, 9.17) is 4.74 Å². The number of hydrogen-bond donors (Lipinski definition) is 1. The number of thioether (sulfide) groups is 1. The van der Waals surface area contributed by atoms with Gasteiger partial charge < -0.3 is 10.1 Å². The van der Waals surface area contributed by atoms with Crippen molar-refractivity contribution < 1.29 is 9.13 Å². The highest BCUT2D eigenvalue weighted by molar-refractivity contribution is 8.00. The van der Waals surface area contributed by atoms with Gasteiger partial charge in [0.05, 0.1) is 12.8 Å². The van der Waals surface area contributed by atoms with Crippen LogP contribution >= 0.6 is 11.8 Å². The van der Waals surface area contributed by atoms with Gasteiger partial charge in [-0.15, -0.1) is 11.8 Å². The van der Waals surface area contributed by atoms with Gasteiger partial charge in [0, 0.05) is 22.8 Å². The van der Waals surface area contributed by atoms with E-state index in [-0.39, 0.29) is 5.82 Å². The predicted octanol–water partition coefficient (Wildman–Crippen LogP) is 3.13. The van der Waals surface area contributed by atoms with Crippen LogP contribution in [0.15, 0.2) is 17.0 Å². The molecule has 4 heteroatoms. The van der Waals surface area contributed by atoms with Crippen LogP contribution in [-0.4, -0.2) is 18.9 Å². The first kappa shape index (κ1) is 10.6. The number of rotatable bonds is 2. The Morgan fingerprint density at radius 2 is 2.40 bits per heavy atom. The van der Waals surface area contributed by atoms with Crippen LogP contribution in [0.5, 0.6) is 5.75 Å². The monoisotopic (exact) mass is 227 g/mol. The minimum atomic E-state index is -0.306. The molecule has 0 saturated carbocycles. The quantitative estimate of drug-likeness (QED) is 0.838. The van der Waals surface area contributed by atoms with Crippen molar-refractivity contribution in [2.75, 3.05) is 19.0 Å². The van der Waals surface area contributed by atoms with Gasteiger partial charge in [-0.2, -0.15) is 0 Å². The van der Waals surface area contributed by atoms with Gasteiger partial charge in [-0.05, 0) is 12.5 Å². The zero-order valence-corrected chi connectivity index (χ0v) is 9.66. The first-order valence-electron chi connectivity index (χ1n) is 5.02. The van der Waals surface area contributed by atoms with Crippen LogP contribution in [0.3, 0.4) is 0 Å². The fraction of sp³-hybridized carbons (Fsp3) is 0.455. The second-order valence-corrected chi connectivity index (χ2v) is 4.85. The van der Waals surface area contributed by atoms with E-state index in [1.807, 2.05) is 0 Å². The van der Waals surface area contributed by atoms with E-state index in [2.05, 4.69) is 12.2 Å². The number of nitrogens with one attached hydrogen (secondary N) is 1. The maximum absolute atomic E-state index is 13.4. The van der Waals surface area contributed by atoms with Crippen LogP contribution in [0.4, 0.5) is 10.1 Å². The van der Waals surface area contributed by atoms with Gasteiger partial charge in [0.15, 0.2) is 11.6 Å². The third-order valence-electron chi connectivity index (χ3n) is 2.52. The summed E-state index contributed by atoms with van der Waals surface area (Å²) in [7, 11) is 1.49. The highest BCUT2D eigenvalue weighted by atomic mass is 32.2. The van der Waals surface area contributed by atoms with Crippen LogP contribution in [0.1, 0.15) is 13.3 Å². The van der Waals surface area contributed by atoms with E-state index in [1.165, 1.54) is 13.2 Å². The summed E-state index contributed by atoms with van der Waals surface area (Å²) >= 11 is 1.79. The average Bonchev–Trinajstić information content (AvgIpc) is 2.27. The predicted molar refractivity (Wildman–Crippen MR) is 61.4 cm³/mol. The average molecular weight is 227 g/mol. The summed E-state index contributed by atoms with van der Waals surface area (Å²) in [5.74, 6) is 0.0131. The van der Waals surface area contributed by atoms with Crippen molar-refractivity contribution in [2.24, 2.45) is 0 Å². The van der Waals surface area contributed by atoms with Gasteiger partial charge in [-0.25, -0.2) is 4.39 Å². The number of fused-ring (bicyclic) bond motifs is 1. The number of hydrogen-bond acceptors (Lipinski definition) is 3. The third kappa shape index (κ3) is 2.04. The number of methoxy groups -OCH3 is 1. The molecule has 82 valence electrons. The van der Waals surface area contributed by atoms with E-state index < -0.39 is 0 Å². The lowest BCUT2D eigenvalue weighted by atomic mass is 10.2. The molecule has 1 unspecified atom stereocenters. The molecule has 0 aliphatic carbocycles. The molecule has 0 spiro atoms. The van der Waals surface area contributed by atoms with Gasteiger partial charge in [-0.1, -0.05) is 6.92 Å². The Morgan fingerprint density at radius 3 is 3.07 bits per heavy atom. The lowest BCUT2D eigenvalue weighted by Gasteiger charge is -2.25. The topological polar surface area (TPSA) is 21.3 Å². The van der Waals surface area contributed by atoms with E-state index in [9.17, 15) is 4.39 Å². The normalized spacial score (nSPS) is 19.3. The Kier molecular flexibility index (Phi) is 3.05. The second-order valence-electron chi connectivity index (χ2n) is 3.51. The van der Waals surface area contributed by atoms with Crippen molar-refractivity contribution >= 4 is 17.4 Å². The molecule has 1 aliphatic rings. The molecule has 2 nitrogen and oxygen atoms in total. The number of anilines is 1. The van der Waals surface area contributed by atoms with Gasteiger partial charge in [0.25, 0.3) is 0 Å². The molecule has 1 atom stereocenters. The zero-order valence-electron chi connectivity index (χ0n) is 8.84. The summed E-state index contributed by atoms with van der Waals surface area (Å²) in [6, 6.07) is 3.28. The number of ether oxygens (including phenoxy) is 1. The lowest BCUT2D eigenvalue weighted by molar-refractivity contribution is 0.385. The minimum Gasteiger partial charge on any atom is -0.494 e. The molecule has 0 radical (unpaired) electrons. The number of benzene rings is 1. The number of halogens is 1. The van der Waals surface area contributed by atoms with E-state index >= 15 is 0 Å². The largest absolute Gasteiger partial charge is 0.494 e. The standard InChI is InChI=1S/C11H14FNOS/c1-3-7-6-13-9-4-8(12)10(14-2)5-11(9)15-7/h4-5,7,13H,3,6H2,1-2H3. The van der Waals surface area contributed by atoms with Crippen molar-refractivity contribution in [1.29, 1.82) is 0 Å². The smallest absolute Gasteiger partial charge is 0.167 e. The fourth-order valence-electron chi connectivity index (χ4n) is 1.60. The Labute approximate surface area is 93.2 Å². The molecule has 0 amide bonds. The molecule has 1 aliphatic heterocycles. The Morgan fingerprint density at radius 1 is 1.60 bits per heavy atom. The molecule has 15 heavy (non-hydrogen) atoms. The van der Waals surface area contributed by atoms with E-state index in [0.29, 0.717) is 11.0 Å². The highest BCUT2D eigenvalue weighted by Gasteiger charge is 2.19. The van der Waals surface area contributed by atoms with Gasteiger partial charge in [0.2, 0.25) is 0 Å².